The van der Waals surface area contributed by atoms with Gasteiger partial charge < -0.3 is 9.64 Å². The van der Waals surface area contributed by atoms with Gasteiger partial charge in [-0.25, -0.2) is 0 Å². The lowest BCUT2D eigenvalue weighted by Gasteiger charge is -2.47. The zero-order chi connectivity index (χ0) is 46.4. The summed E-state index contributed by atoms with van der Waals surface area (Å²) in [6.07, 6.45) is 51.4. The molecule has 0 N–H and O–H groups in total. The molecule has 0 radical (unpaired) electrons. The molecule has 0 bridgehead atoms. The van der Waals surface area contributed by atoms with Crippen molar-refractivity contribution in [2.45, 2.75) is 276 Å². The topological polar surface area (TPSA) is 72.7 Å². The Labute approximate surface area is 399 Å². The predicted octanol–water partition coefficient (Wildman–Crippen LogP) is 18.7. The molecule has 2 aromatic rings. The lowest BCUT2D eigenvalue weighted by atomic mass is 9.76. The smallest absolute Gasteiger partial charge is 0.270 e. The number of non-ortho nitro benzene ring substituents is 1. The van der Waals surface area contributed by atoms with Crippen LogP contribution in [0.15, 0.2) is 42.5 Å². The van der Waals surface area contributed by atoms with Gasteiger partial charge in [0.15, 0.2) is 0 Å². The van der Waals surface area contributed by atoms with Crippen molar-refractivity contribution >= 4 is 23.2 Å². The van der Waals surface area contributed by atoms with Gasteiger partial charge in [-0.1, -0.05) is 244 Å². The van der Waals surface area contributed by atoms with Crippen molar-refractivity contribution in [3.8, 4) is 5.75 Å². The van der Waals surface area contributed by atoms with E-state index in [2.05, 4.69) is 62.9 Å². The first-order chi connectivity index (χ1) is 31.7. The number of hydrogen-bond donors (Lipinski definition) is 0. The number of ether oxygens (including phenoxy) is 1. The normalized spacial score (nSPS) is 16.0. The van der Waals surface area contributed by atoms with Gasteiger partial charge in [-0.05, 0) is 50.5 Å². The van der Waals surface area contributed by atoms with Gasteiger partial charge in [-0.15, -0.1) is 0 Å². The zero-order valence-electron chi connectivity index (χ0n) is 42.5. The van der Waals surface area contributed by atoms with E-state index in [0.29, 0.717) is 23.3 Å². The number of nitro groups is 1. The number of ketones is 1. The molecular weight excluding hydrogens is 801 g/mol. The second-order valence-corrected chi connectivity index (χ2v) is 20.8. The molecule has 1 unspecified atom stereocenters. The summed E-state index contributed by atoms with van der Waals surface area (Å²) in [5.41, 5.74) is 2.56. The second-order valence-electron chi connectivity index (χ2n) is 20.8. The van der Waals surface area contributed by atoms with Crippen molar-refractivity contribution in [2.24, 2.45) is 0 Å². The fourth-order valence-corrected chi connectivity index (χ4v) is 10.8. The van der Waals surface area contributed by atoms with Gasteiger partial charge in [0.1, 0.15) is 11.5 Å². The molecule has 6 heteroatoms. The Morgan fingerprint density at radius 1 is 0.585 bits per heavy atom. The molecular formula is C59H96N2O4. The van der Waals surface area contributed by atoms with E-state index in [1.165, 1.54) is 217 Å². The summed E-state index contributed by atoms with van der Waals surface area (Å²) in [6.45, 7) is 9.95. The third kappa shape index (κ3) is 18.5. The van der Waals surface area contributed by atoms with Gasteiger partial charge in [0.05, 0.1) is 10.3 Å². The summed E-state index contributed by atoms with van der Waals surface area (Å²) in [5.74, 6) is 0.753. The van der Waals surface area contributed by atoms with Crippen LogP contribution in [0, 0.1) is 10.1 Å². The zero-order valence-corrected chi connectivity index (χ0v) is 42.5. The third-order valence-electron chi connectivity index (χ3n) is 15.0. The Hall–Kier alpha value is -3.15. The number of carbonyl (C=O) groups is 1. The molecule has 0 amide bonds. The highest BCUT2D eigenvalue weighted by Gasteiger charge is 2.58. The molecule has 1 atom stereocenters. The van der Waals surface area contributed by atoms with Crippen molar-refractivity contribution in [3.63, 3.8) is 0 Å². The first-order valence-corrected chi connectivity index (χ1v) is 27.8. The van der Waals surface area contributed by atoms with Crippen LogP contribution in [0.3, 0.4) is 0 Å². The van der Waals surface area contributed by atoms with E-state index in [0.717, 1.165) is 25.8 Å². The number of rotatable bonds is 40. The molecule has 2 aliphatic heterocycles. The van der Waals surface area contributed by atoms with E-state index in [4.69, 9.17) is 4.74 Å². The molecule has 0 fully saturated rings. The molecule has 2 heterocycles. The van der Waals surface area contributed by atoms with Gasteiger partial charge in [0.25, 0.3) is 5.69 Å². The van der Waals surface area contributed by atoms with Gasteiger partial charge in [0.2, 0.25) is 5.72 Å². The summed E-state index contributed by atoms with van der Waals surface area (Å²) in [7, 11) is 0. The number of nitrogens with zero attached hydrogens (tertiary/aromatic N) is 2. The van der Waals surface area contributed by atoms with Crippen molar-refractivity contribution in [2.75, 3.05) is 11.4 Å². The Bertz CT molecular complexity index is 1650. The van der Waals surface area contributed by atoms with Crippen LogP contribution in [0.4, 0.5) is 11.4 Å². The molecule has 0 saturated carbocycles. The van der Waals surface area contributed by atoms with Gasteiger partial charge in [-0.2, -0.15) is 0 Å². The van der Waals surface area contributed by atoms with E-state index in [1.54, 1.807) is 12.1 Å². The Morgan fingerprint density at radius 2 is 1.00 bits per heavy atom. The first kappa shape index (κ1) is 54.5. The molecule has 4 rings (SSSR count). The van der Waals surface area contributed by atoms with Crippen LogP contribution in [-0.4, -0.2) is 23.0 Å². The Kier molecular flexibility index (Phi) is 26.6. The third-order valence-corrected chi connectivity index (χ3v) is 15.0. The molecule has 2 aromatic carbocycles. The fraction of sp³-hybridized carbons (Fsp3) is 0.746. The average Bonchev–Trinajstić information content (AvgIpc) is 3.47. The summed E-state index contributed by atoms with van der Waals surface area (Å²) in [4.78, 5) is 27.8. The summed E-state index contributed by atoms with van der Waals surface area (Å²) in [6, 6.07) is 11.9. The van der Waals surface area contributed by atoms with Gasteiger partial charge >= 0.3 is 0 Å². The molecule has 0 saturated heterocycles. The Morgan fingerprint density at radius 3 is 1.45 bits per heavy atom. The summed E-state index contributed by atoms with van der Waals surface area (Å²) < 4.78 is 7.25. The molecule has 0 aliphatic carbocycles. The molecule has 0 aromatic heterocycles. The molecule has 2 aliphatic rings. The van der Waals surface area contributed by atoms with Crippen LogP contribution in [0.1, 0.15) is 276 Å². The van der Waals surface area contributed by atoms with Crippen molar-refractivity contribution in [1.29, 1.82) is 0 Å². The van der Waals surface area contributed by atoms with Crippen LogP contribution in [-0.2, 0) is 16.6 Å². The predicted molar refractivity (Wildman–Crippen MR) is 279 cm³/mol. The van der Waals surface area contributed by atoms with E-state index in [1.807, 2.05) is 6.08 Å². The maximum Gasteiger partial charge on any atom is 0.270 e. The monoisotopic (exact) mass is 897 g/mol. The number of para-hydroxylation sites is 1. The van der Waals surface area contributed by atoms with Gasteiger partial charge in [-0.3, -0.25) is 14.9 Å². The highest BCUT2D eigenvalue weighted by Crippen LogP contribution is 2.55. The van der Waals surface area contributed by atoms with Gasteiger partial charge in [0, 0.05) is 48.3 Å². The van der Waals surface area contributed by atoms with Crippen LogP contribution >= 0.6 is 0 Å². The average molecular weight is 897 g/mol. The minimum Gasteiger partial charge on any atom is -0.462 e. The van der Waals surface area contributed by atoms with Crippen LogP contribution < -0.4 is 9.64 Å². The highest BCUT2D eigenvalue weighted by molar-refractivity contribution is 5.83. The molecule has 65 heavy (non-hydrogen) atoms. The van der Waals surface area contributed by atoms with E-state index < -0.39 is 11.1 Å². The van der Waals surface area contributed by atoms with E-state index in [-0.39, 0.29) is 22.8 Å². The van der Waals surface area contributed by atoms with Crippen LogP contribution in [0.2, 0.25) is 0 Å². The number of Topliss-reactive ketones (excluding diaryl/α,β-unsaturated/α-hetero) is 1. The SMILES string of the molecule is CCCCCCCCCCCCCCCCCCCCCC(=O)Cc1cc([N+](=O)[O-])cc2c1OC1(C=C2)N(CCCCCCCCCCCCCCCCCC)c2ccccc2C1(C)C. The molecule has 366 valence electrons. The number of anilines is 1. The quantitative estimate of drug-likeness (QED) is 0.0378. The number of fused-ring (bicyclic) bond motifs is 2. The first-order valence-electron chi connectivity index (χ1n) is 27.8. The van der Waals surface area contributed by atoms with Crippen molar-refractivity contribution in [1.82, 2.24) is 0 Å². The van der Waals surface area contributed by atoms with E-state index >= 15 is 0 Å². The fourth-order valence-electron chi connectivity index (χ4n) is 10.8. The number of nitro benzene ring substituents is 1. The minimum absolute atomic E-state index is 0.0123. The standard InChI is InChI=1S/C59H96N2O4/c1-5-7-9-11-13-15-17-19-21-23-24-25-26-28-30-32-34-36-38-42-54(62)50-52-49-53(61(63)64)48-51-45-46-59(65-57(51)52)58(3,4)55-43-39-40-44-56(55)60(59)47-41-37-35-33-31-29-27-22-20-18-16-14-12-10-8-6-2/h39-40,43-46,48-49H,5-38,41-42,47,50H2,1-4H3. The number of benzene rings is 2. The largest absolute Gasteiger partial charge is 0.462 e. The second kappa shape index (κ2) is 31.8. The van der Waals surface area contributed by atoms with Crippen molar-refractivity contribution < 1.29 is 14.5 Å². The lowest BCUT2D eigenvalue weighted by molar-refractivity contribution is -0.385. The maximum absolute atomic E-state index is 13.6. The molecule has 6 nitrogen and oxygen atoms in total. The highest BCUT2D eigenvalue weighted by atomic mass is 16.6. The van der Waals surface area contributed by atoms with Crippen molar-refractivity contribution in [3.05, 3.63) is 69.3 Å². The number of hydrogen-bond acceptors (Lipinski definition) is 5. The summed E-state index contributed by atoms with van der Waals surface area (Å²) >= 11 is 0. The van der Waals surface area contributed by atoms with Crippen LogP contribution in [0.25, 0.3) is 6.08 Å². The number of carbonyl (C=O) groups excluding carboxylic acids is 1. The maximum atomic E-state index is 13.6. The number of unbranched alkanes of at least 4 members (excludes halogenated alkanes) is 33. The lowest BCUT2D eigenvalue weighted by Crippen LogP contribution is -2.59. The summed E-state index contributed by atoms with van der Waals surface area (Å²) in [5, 5.41) is 12.1. The molecule has 1 spiro atoms. The van der Waals surface area contributed by atoms with Crippen LogP contribution in [0.5, 0.6) is 5.75 Å². The van der Waals surface area contributed by atoms with E-state index in [9.17, 15) is 14.9 Å². The minimum atomic E-state index is -0.805. The Balaban J connectivity index is 1.19.